The van der Waals surface area contributed by atoms with Crippen molar-refractivity contribution in [1.29, 1.82) is 0 Å². The Morgan fingerprint density at radius 1 is 0.818 bits per heavy atom. The Bertz CT molecular complexity index is 651. The van der Waals surface area contributed by atoms with Gasteiger partial charge in [-0.2, -0.15) is 0 Å². The Labute approximate surface area is 197 Å². The predicted molar refractivity (Wildman–Crippen MR) is 127 cm³/mol. The van der Waals surface area contributed by atoms with E-state index in [2.05, 4.69) is 26.0 Å². The SMILES string of the molecule is CC(C)(C)OC(=O)NCCCC[C@@H](NC(=O)OC(C)(C)C)C(=O)NCCCCCCN=[N+]=[N-]. The molecule has 0 heterocycles. The number of rotatable bonds is 14. The molecule has 0 aromatic heterocycles. The van der Waals surface area contributed by atoms with Crippen molar-refractivity contribution in [2.45, 2.75) is 104 Å². The zero-order valence-electron chi connectivity index (χ0n) is 21.0. The molecule has 0 aliphatic carbocycles. The quantitative estimate of drug-likeness (QED) is 0.147. The molecule has 1 atom stereocenters. The number of hydrogen-bond donors (Lipinski definition) is 3. The van der Waals surface area contributed by atoms with Crippen molar-refractivity contribution in [2.75, 3.05) is 19.6 Å². The van der Waals surface area contributed by atoms with E-state index in [9.17, 15) is 14.4 Å². The number of carbonyl (C=O) groups excluding carboxylic acids is 3. The first-order chi connectivity index (χ1) is 15.3. The fraction of sp³-hybridized carbons (Fsp3) is 0.864. The van der Waals surface area contributed by atoms with E-state index in [1.807, 2.05) is 0 Å². The van der Waals surface area contributed by atoms with Crippen LogP contribution in [0.1, 0.15) is 86.5 Å². The van der Waals surface area contributed by atoms with E-state index in [1.165, 1.54) is 0 Å². The van der Waals surface area contributed by atoms with Crippen LogP contribution in [-0.2, 0) is 14.3 Å². The Morgan fingerprint density at radius 3 is 1.97 bits per heavy atom. The van der Waals surface area contributed by atoms with Gasteiger partial charge >= 0.3 is 12.2 Å². The van der Waals surface area contributed by atoms with Crippen LogP contribution in [-0.4, -0.2) is 55.0 Å². The second-order valence-electron chi connectivity index (χ2n) is 9.78. The van der Waals surface area contributed by atoms with Crippen LogP contribution in [0.15, 0.2) is 5.11 Å². The molecule has 0 spiro atoms. The highest BCUT2D eigenvalue weighted by atomic mass is 16.6. The van der Waals surface area contributed by atoms with Crippen molar-refractivity contribution in [1.82, 2.24) is 16.0 Å². The minimum Gasteiger partial charge on any atom is -0.444 e. The summed E-state index contributed by atoms with van der Waals surface area (Å²) < 4.78 is 10.5. The number of ether oxygens (including phenoxy) is 2. The van der Waals surface area contributed by atoms with Crippen molar-refractivity contribution in [2.24, 2.45) is 5.11 Å². The van der Waals surface area contributed by atoms with Crippen LogP contribution in [0.4, 0.5) is 9.59 Å². The zero-order valence-corrected chi connectivity index (χ0v) is 21.0. The maximum atomic E-state index is 12.6. The summed E-state index contributed by atoms with van der Waals surface area (Å²) in [6.45, 7) is 12.0. The van der Waals surface area contributed by atoms with Gasteiger partial charge in [0.2, 0.25) is 5.91 Å². The minimum absolute atomic E-state index is 0.268. The largest absolute Gasteiger partial charge is 0.444 e. The Hall–Kier alpha value is -2.68. The molecule has 0 fully saturated rings. The third-order valence-electron chi connectivity index (χ3n) is 4.14. The molecule has 3 amide bonds. The first kappa shape index (κ1) is 30.3. The molecule has 0 rings (SSSR count). The number of nitrogens with zero attached hydrogens (tertiary/aromatic N) is 3. The van der Waals surface area contributed by atoms with Crippen LogP contribution in [0.5, 0.6) is 0 Å². The smallest absolute Gasteiger partial charge is 0.408 e. The predicted octanol–water partition coefficient (Wildman–Crippen LogP) is 4.56. The number of unbranched alkanes of at least 4 members (excludes halogenated alkanes) is 4. The molecule has 0 unspecified atom stereocenters. The molecular formula is C22H42N6O5. The molecule has 0 bridgehead atoms. The monoisotopic (exact) mass is 470 g/mol. The normalized spacial score (nSPS) is 12.2. The second-order valence-corrected chi connectivity index (χ2v) is 9.78. The van der Waals surface area contributed by atoms with Gasteiger partial charge in [-0.15, -0.1) is 0 Å². The summed E-state index contributed by atoms with van der Waals surface area (Å²) in [6.07, 6.45) is 3.95. The summed E-state index contributed by atoms with van der Waals surface area (Å²) >= 11 is 0. The summed E-state index contributed by atoms with van der Waals surface area (Å²) in [5.41, 5.74) is 7.02. The molecule has 11 heteroatoms. The number of azide groups is 1. The summed E-state index contributed by atoms with van der Waals surface area (Å²) in [5, 5.41) is 11.7. The van der Waals surface area contributed by atoms with Crippen LogP contribution >= 0.6 is 0 Å². The lowest BCUT2D eigenvalue weighted by atomic mass is 10.1. The van der Waals surface area contributed by atoms with Gasteiger partial charge in [-0.1, -0.05) is 18.0 Å². The van der Waals surface area contributed by atoms with E-state index in [1.54, 1.807) is 41.5 Å². The molecule has 0 radical (unpaired) electrons. The summed E-state index contributed by atoms with van der Waals surface area (Å²) in [5.74, 6) is -0.268. The van der Waals surface area contributed by atoms with E-state index >= 15 is 0 Å². The van der Waals surface area contributed by atoms with Gasteiger partial charge in [-0.3, -0.25) is 4.79 Å². The highest BCUT2D eigenvalue weighted by Gasteiger charge is 2.24. The third-order valence-corrected chi connectivity index (χ3v) is 4.14. The van der Waals surface area contributed by atoms with Crippen molar-refractivity contribution in [3.63, 3.8) is 0 Å². The molecule has 0 aliphatic rings. The summed E-state index contributed by atoms with van der Waals surface area (Å²) in [6, 6.07) is -0.730. The maximum absolute atomic E-state index is 12.6. The van der Waals surface area contributed by atoms with Crippen LogP contribution in [0, 0.1) is 0 Å². The summed E-state index contributed by atoms with van der Waals surface area (Å²) in [7, 11) is 0. The molecule has 190 valence electrons. The molecule has 0 saturated carbocycles. The average Bonchev–Trinajstić information content (AvgIpc) is 2.65. The van der Waals surface area contributed by atoms with Gasteiger partial charge in [-0.05, 0) is 79.2 Å². The van der Waals surface area contributed by atoms with E-state index in [4.69, 9.17) is 15.0 Å². The van der Waals surface area contributed by atoms with Crippen LogP contribution in [0.2, 0.25) is 0 Å². The topological polar surface area (TPSA) is 155 Å². The van der Waals surface area contributed by atoms with E-state index in [-0.39, 0.29) is 5.91 Å². The van der Waals surface area contributed by atoms with Crippen LogP contribution in [0.3, 0.4) is 0 Å². The van der Waals surface area contributed by atoms with Gasteiger partial charge in [0.1, 0.15) is 17.2 Å². The Balaban J connectivity index is 4.47. The van der Waals surface area contributed by atoms with Gasteiger partial charge in [-0.25, -0.2) is 9.59 Å². The number of amides is 3. The minimum atomic E-state index is -0.730. The van der Waals surface area contributed by atoms with Crippen molar-refractivity contribution in [3.05, 3.63) is 10.4 Å². The van der Waals surface area contributed by atoms with Gasteiger partial charge in [0.05, 0.1) is 0 Å². The molecule has 0 saturated heterocycles. The molecule has 0 aromatic rings. The van der Waals surface area contributed by atoms with Crippen molar-refractivity contribution >= 4 is 18.1 Å². The highest BCUT2D eigenvalue weighted by Crippen LogP contribution is 2.09. The summed E-state index contributed by atoms with van der Waals surface area (Å²) in [4.78, 5) is 39.2. The zero-order chi connectivity index (χ0) is 25.3. The van der Waals surface area contributed by atoms with Crippen molar-refractivity contribution < 1.29 is 23.9 Å². The molecule has 0 aliphatic heterocycles. The molecule has 11 nitrogen and oxygen atoms in total. The van der Waals surface area contributed by atoms with Gasteiger partial charge in [0, 0.05) is 24.5 Å². The fourth-order valence-electron chi connectivity index (χ4n) is 2.74. The molecule has 33 heavy (non-hydrogen) atoms. The lowest BCUT2D eigenvalue weighted by Gasteiger charge is -2.23. The second kappa shape index (κ2) is 16.0. The van der Waals surface area contributed by atoms with E-state index in [0.29, 0.717) is 38.9 Å². The lowest BCUT2D eigenvalue weighted by molar-refractivity contribution is -0.123. The van der Waals surface area contributed by atoms with Gasteiger partial charge in [0.15, 0.2) is 0 Å². The first-order valence-corrected chi connectivity index (χ1v) is 11.6. The molecule has 3 N–H and O–H groups in total. The average molecular weight is 471 g/mol. The van der Waals surface area contributed by atoms with Gasteiger partial charge in [0.25, 0.3) is 0 Å². The Kier molecular flexibility index (Phi) is 14.7. The lowest BCUT2D eigenvalue weighted by Crippen LogP contribution is -2.48. The fourth-order valence-corrected chi connectivity index (χ4v) is 2.74. The van der Waals surface area contributed by atoms with E-state index < -0.39 is 29.4 Å². The van der Waals surface area contributed by atoms with E-state index in [0.717, 1.165) is 25.7 Å². The third kappa shape index (κ3) is 19.7. The van der Waals surface area contributed by atoms with Crippen molar-refractivity contribution in [3.8, 4) is 0 Å². The Morgan fingerprint density at radius 2 is 1.36 bits per heavy atom. The number of nitrogens with one attached hydrogen (secondary N) is 3. The number of carbonyl (C=O) groups is 3. The standard InChI is InChI=1S/C22H42N6O5/c1-21(2,3)32-19(30)25-15-12-9-13-17(27-20(31)33-22(4,5)6)18(29)24-14-10-7-8-11-16-26-28-23/h17H,7-16H2,1-6H3,(H,24,29)(H,25,30)(H,27,31)/t17-/m1/s1. The highest BCUT2D eigenvalue weighted by molar-refractivity contribution is 5.85. The van der Waals surface area contributed by atoms with Crippen LogP contribution < -0.4 is 16.0 Å². The van der Waals surface area contributed by atoms with Gasteiger partial charge < -0.3 is 25.4 Å². The molecule has 0 aromatic carbocycles. The first-order valence-electron chi connectivity index (χ1n) is 11.6. The maximum Gasteiger partial charge on any atom is 0.408 e. The molecular weight excluding hydrogens is 428 g/mol. The number of hydrogen-bond acceptors (Lipinski definition) is 6. The van der Waals surface area contributed by atoms with Crippen LogP contribution in [0.25, 0.3) is 10.4 Å². The number of alkyl carbamates (subject to hydrolysis) is 2.